The highest BCUT2D eigenvalue weighted by atomic mass is 35.5. The molecular formula is C38H35ClFN3O4. The lowest BCUT2D eigenvalue weighted by Gasteiger charge is -2.25. The van der Waals surface area contributed by atoms with E-state index >= 15 is 4.39 Å². The molecule has 9 heteroatoms. The summed E-state index contributed by atoms with van der Waals surface area (Å²) in [5, 5.41) is 10.2. The number of halogens is 2. The summed E-state index contributed by atoms with van der Waals surface area (Å²) in [6.07, 6.45) is 7.42. The van der Waals surface area contributed by atoms with E-state index in [1.165, 1.54) is 12.1 Å². The predicted molar refractivity (Wildman–Crippen MR) is 182 cm³/mol. The van der Waals surface area contributed by atoms with Gasteiger partial charge in [-0.05, 0) is 103 Å². The van der Waals surface area contributed by atoms with Gasteiger partial charge in [0.1, 0.15) is 18.2 Å². The van der Waals surface area contributed by atoms with Gasteiger partial charge in [0.15, 0.2) is 0 Å². The Morgan fingerprint density at radius 2 is 1.57 bits per heavy atom. The Morgan fingerprint density at radius 1 is 0.851 bits per heavy atom. The van der Waals surface area contributed by atoms with Crippen molar-refractivity contribution in [1.29, 1.82) is 0 Å². The Hall–Kier alpha value is -4.69. The largest absolute Gasteiger partial charge is 0.478 e. The SMILES string of the molecule is O=C(O)c1ccc2c(c1)nc(-c1ccc(C(=O)OCc3cc(N4CCCC4)ccc3-c3ccc(Cl)cc3)cc1F)n2C1CCCCC1. The van der Waals surface area contributed by atoms with Crippen LogP contribution in [-0.2, 0) is 11.3 Å². The number of imidazole rings is 1. The van der Waals surface area contributed by atoms with Crippen molar-refractivity contribution in [2.75, 3.05) is 18.0 Å². The van der Waals surface area contributed by atoms with E-state index < -0.39 is 17.8 Å². The number of nitrogens with zero attached hydrogens (tertiary/aromatic N) is 3. The first-order valence-corrected chi connectivity index (χ1v) is 16.6. The molecule has 2 heterocycles. The molecule has 1 N–H and O–H groups in total. The van der Waals surface area contributed by atoms with Crippen molar-refractivity contribution in [2.24, 2.45) is 0 Å². The van der Waals surface area contributed by atoms with Gasteiger partial charge in [-0.2, -0.15) is 0 Å². The molecule has 2 fully saturated rings. The van der Waals surface area contributed by atoms with Crippen LogP contribution in [0.25, 0.3) is 33.5 Å². The van der Waals surface area contributed by atoms with Crippen molar-refractivity contribution in [3.8, 4) is 22.5 Å². The van der Waals surface area contributed by atoms with E-state index in [0.717, 1.165) is 85.9 Å². The molecule has 0 atom stereocenters. The Kier molecular flexibility index (Phi) is 8.69. The number of ether oxygens (including phenoxy) is 1. The van der Waals surface area contributed by atoms with Crippen LogP contribution < -0.4 is 4.90 Å². The Balaban J connectivity index is 1.17. The number of aromatic carboxylic acids is 1. The number of carboxylic acids is 1. The third kappa shape index (κ3) is 6.34. The smallest absolute Gasteiger partial charge is 0.338 e. The molecule has 7 rings (SSSR count). The maximum Gasteiger partial charge on any atom is 0.338 e. The van der Waals surface area contributed by atoms with E-state index in [1.54, 1.807) is 24.3 Å². The molecule has 0 spiro atoms. The van der Waals surface area contributed by atoms with Crippen molar-refractivity contribution in [1.82, 2.24) is 9.55 Å². The monoisotopic (exact) mass is 651 g/mol. The lowest BCUT2D eigenvalue weighted by Crippen LogP contribution is -2.18. The first-order valence-electron chi connectivity index (χ1n) is 16.2. The summed E-state index contributed by atoms with van der Waals surface area (Å²) >= 11 is 6.14. The highest BCUT2D eigenvalue weighted by Crippen LogP contribution is 2.37. The number of hydrogen-bond donors (Lipinski definition) is 1. The van der Waals surface area contributed by atoms with Gasteiger partial charge in [-0.25, -0.2) is 19.0 Å². The van der Waals surface area contributed by atoms with Gasteiger partial charge in [0.05, 0.1) is 27.7 Å². The molecule has 0 amide bonds. The second-order valence-electron chi connectivity index (χ2n) is 12.4. The number of carbonyl (C=O) groups excluding carboxylic acids is 1. The van der Waals surface area contributed by atoms with Crippen molar-refractivity contribution in [2.45, 2.75) is 57.6 Å². The van der Waals surface area contributed by atoms with Gasteiger partial charge in [0.25, 0.3) is 0 Å². The molecule has 1 aliphatic heterocycles. The van der Waals surface area contributed by atoms with Gasteiger partial charge in [0.2, 0.25) is 0 Å². The summed E-state index contributed by atoms with van der Waals surface area (Å²) < 4.78 is 23.8. The highest BCUT2D eigenvalue weighted by molar-refractivity contribution is 6.30. The normalized spacial score (nSPS) is 15.3. The number of esters is 1. The van der Waals surface area contributed by atoms with Crippen molar-refractivity contribution in [3.63, 3.8) is 0 Å². The lowest BCUT2D eigenvalue weighted by atomic mass is 9.94. The van der Waals surface area contributed by atoms with Crippen LogP contribution >= 0.6 is 11.6 Å². The summed E-state index contributed by atoms with van der Waals surface area (Å²) in [6, 6.07) is 23.0. The quantitative estimate of drug-likeness (QED) is 0.168. The van der Waals surface area contributed by atoms with Crippen LogP contribution in [0.2, 0.25) is 5.02 Å². The topological polar surface area (TPSA) is 84.7 Å². The molecular weight excluding hydrogens is 617 g/mol. The number of carboxylic acid groups (broad SMARTS) is 1. The van der Waals surface area contributed by atoms with Crippen molar-refractivity contribution in [3.05, 3.63) is 106 Å². The zero-order valence-corrected chi connectivity index (χ0v) is 26.7. The van der Waals surface area contributed by atoms with Crippen LogP contribution in [-0.4, -0.2) is 39.7 Å². The fourth-order valence-electron chi connectivity index (χ4n) is 6.96. The molecule has 1 saturated carbocycles. The number of benzene rings is 4. The maximum atomic E-state index is 15.9. The number of rotatable bonds is 8. The van der Waals surface area contributed by atoms with Gasteiger partial charge < -0.3 is 19.3 Å². The molecule has 1 aliphatic carbocycles. The third-order valence-corrected chi connectivity index (χ3v) is 9.65. The summed E-state index contributed by atoms with van der Waals surface area (Å²) in [6.45, 7) is 1.99. The first-order chi connectivity index (χ1) is 22.9. The lowest BCUT2D eigenvalue weighted by molar-refractivity contribution is 0.0472. The molecule has 47 heavy (non-hydrogen) atoms. The number of carbonyl (C=O) groups is 2. The zero-order chi connectivity index (χ0) is 32.5. The Morgan fingerprint density at radius 3 is 2.30 bits per heavy atom. The minimum atomic E-state index is -1.04. The number of hydrogen-bond acceptors (Lipinski definition) is 5. The highest BCUT2D eigenvalue weighted by Gasteiger charge is 2.25. The summed E-state index contributed by atoms with van der Waals surface area (Å²) in [7, 11) is 0. The van der Waals surface area contributed by atoms with Gasteiger partial charge in [-0.15, -0.1) is 0 Å². The fraction of sp³-hybridized carbons (Fsp3) is 0.289. The van der Waals surface area contributed by atoms with Gasteiger partial charge in [0, 0.05) is 29.8 Å². The second kappa shape index (κ2) is 13.2. The van der Waals surface area contributed by atoms with Crippen LogP contribution in [0.3, 0.4) is 0 Å². The second-order valence-corrected chi connectivity index (χ2v) is 12.9. The Labute approximate surface area is 277 Å². The summed E-state index contributed by atoms with van der Waals surface area (Å²) in [4.78, 5) is 32.0. The molecule has 5 aromatic rings. The molecule has 240 valence electrons. The van der Waals surface area contributed by atoms with E-state index in [-0.39, 0.29) is 29.3 Å². The molecule has 7 nitrogen and oxygen atoms in total. The average molecular weight is 652 g/mol. The van der Waals surface area contributed by atoms with Gasteiger partial charge >= 0.3 is 11.9 Å². The summed E-state index contributed by atoms with van der Waals surface area (Å²) in [5.41, 5.74) is 5.58. The molecule has 1 aromatic heterocycles. The van der Waals surface area contributed by atoms with Crippen LogP contribution in [0.4, 0.5) is 10.1 Å². The molecule has 0 bridgehead atoms. The van der Waals surface area contributed by atoms with Gasteiger partial charge in [-0.3, -0.25) is 0 Å². The fourth-order valence-corrected chi connectivity index (χ4v) is 7.09. The predicted octanol–water partition coefficient (Wildman–Crippen LogP) is 9.32. The summed E-state index contributed by atoms with van der Waals surface area (Å²) in [5.74, 6) is -1.84. The first kappa shape index (κ1) is 30.9. The van der Waals surface area contributed by atoms with E-state index in [9.17, 15) is 14.7 Å². The number of anilines is 1. The molecule has 4 aromatic carbocycles. The van der Waals surface area contributed by atoms with Crippen molar-refractivity contribution >= 4 is 40.3 Å². The van der Waals surface area contributed by atoms with E-state index in [4.69, 9.17) is 21.3 Å². The van der Waals surface area contributed by atoms with E-state index in [2.05, 4.69) is 17.0 Å². The minimum Gasteiger partial charge on any atom is -0.478 e. The maximum absolute atomic E-state index is 15.9. The van der Waals surface area contributed by atoms with Gasteiger partial charge in [-0.1, -0.05) is 49.1 Å². The standard InChI is InChI=1S/C38H35ClFN3O4/c39-28-12-8-24(9-13-28)31-16-14-30(42-18-4-5-19-42)20-27(31)23-47-38(46)26-10-15-32(33(40)21-26)36-41-34-22-25(37(44)45)11-17-35(34)43(36)29-6-2-1-3-7-29/h8-17,20-22,29H,1-7,18-19,23H2,(H,44,45). The van der Waals surface area contributed by atoms with E-state index in [1.807, 2.05) is 34.9 Å². The minimum absolute atomic E-state index is 0.0191. The van der Waals surface area contributed by atoms with Crippen LogP contribution in [0.15, 0.2) is 78.9 Å². The van der Waals surface area contributed by atoms with Crippen LogP contribution in [0, 0.1) is 5.82 Å². The molecule has 2 aliphatic rings. The molecule has 0 unspecified atom stereocenters. The van der Waals surface area contributed by atoms with Crippen LogP contribution in [0.5, 0.6) is 0 Å². The third-order valence-electron chi connectivity index (χ3n) is 9.40. The van der Waals surface area contributed by atoms with Crippen molar-refractivity contribution < 1.29 is 23.8 Å². The zero-order valence-electron chi connectivity index (χ0n) is 25.9. The number of fused-ring (bicyclic) bond motifs is 1. The average Bonchev–Trinajstić information content (AvgIpc) is 3.76. The molecule has 0 radical (unpaired) electrons. The van der Waals surface area contributed by atoms with Crippen LogP contribution in [0.1, 0.15) is 77.3 Å². The Bertz CT molecular complexity index is 1960. The number of aromatic nitrogens is 2. The molecule has 1 saturated heterocycles. The van der Waals surface area contributed by atoms with E-state index in [0.29, 0.717) is 16.4 Å².